The van der Waals surface area contributed by atoms with Crippen molar-refractivity contribution in [1.82, 2.24) is 14.9 Å². The lowest BCUT2D eigenvalue weighted by atomic mass is 10.1. The minimum absolute atomic E-state index is 0.0438. The fourth-order valence-corrected chi connectivity index (χ4v) is 3.20. The van der Waals surface area contributed by atoms with Gasteiger partial charge in [0.15, 0.2) is 11.6 Å². The van der Waals surface area contributed by atoms with E-state index in [1.807, 2.05) is 6.07 Å². The van der Waals surface area contributed by atoms with Crippen LogP contribution in [0.3, 0.4) is 0 Å². The van der Waals surface area contributed by atoms with Crippen LogP contribution < -0.4 is 10.6 Å². The summed E-state index contributed by atoms with van der Waals surface area (Å²) in [5, 5.41) is 8.61. The number of nitrogens with zero attached hydrogens (tertiary/aromatic N) is 3. The van der Waals surface area contributed by atoms with Crippen LogP contribution in [0.4, 0.5) is 4.39 Å². The van der Waals surface area contributed by atoms with Gasteiger partial charge in [-0.3, -0.25) is 4.79 Å². The Bertz CT molecular complexity index is 945. The molecule has 6 nitrogen and oxygen atoms in total. The van der Waals surface area contributed by atoms with E-state index in [1.54, 1.807) is 36.4 Å². The second kappa shape index (κ2) is 8.68. The molecule has 27 heavy (non-hydrogen) atoms. The summed E-state index contributed by atoms with van der Waals surface area (Å²) in [5.41, 5.74) is 1.06. The van der Waals surface area contributed by atoms with Gasteiger partial charge in [0.05, 0.1) is 12.2 Å². The van der Waals surface area contributed by atoms with Gasteiger partial charge in [-0.25, -0.2) is 9.07 Å². The largest absolute Gasteiger partial charge is 0.492 e. The first-order valence-electron chi connectivity index (χ1n) is 8.34. The minimum Gasteiger partial charge on any atom is -0.492 e. The monoisotopic (exact) mass is 386 g/mol. The van der Waals surface area contributed by atoms with Crippen molar-refractivity contribution in [3.05, 3.63) is 71.3 Å². The summed E-state index contributed by atoms with van der Waals surface area (Å²) >= 11 is 1.38. The molecule has 3 aromatic rings. The zero-order valence-corrected chi connectivity index (χ0v) is 15.6. The van der Waals surface area contributed by atoms with Crippen molar-refractivity contribution in [2.24, 2.45) is 0 Å². The predicted octanol–water partition coefficient (Wildman–Crippen LogP) is 3.10. The fourth-order valence-electron chi connectivity index (χ4n) is 2.51. The molecule has 3 rings (SSSR count). The van der Waals surface area contributed by atoms with Crippen molar-refractivity contribution >= 4 is 17.5 Å². The van der Waals surface area contributed by atoms with Crippen molar-refractivity contribution in [1.29, 1.82) is 0 Å². The molecule has 0 atom stereocenters. The lowest BCUT2D eigenvalue weighted by molar-refractivity contribution is 0.101. The number of halogens is 1. The van der Waals surface area contributed by atoms with Crippen molar-refractivity contribution in [3.63, 3.8) is 0 Å². The average molecular weight is 386 g/mol. The Morgan fingerprint density at radius 1 is 1.19 bits per heavy atom. The third-order valence-corrected chi connectivity index (χ3v) is 4.79. The van der Waals surface area contributed by atoms with Crippen molar-refractivity contribution in [2.45, 2.75) is 18.5 Å². The molecule has 1 aromatic heterocycles. The molecule has 140 valence electrons. The van der Waals surface area contributed by atoms with Crippen LogP contribution in [0.25, 0.3) is 0 Å². The lowest BCUT2D eigenvalue weighted by Gasteiger charge is -2.09. The van der Waals surface area contributed by atoms with Crippen LogP contribution in [-0.4, -0.2) is 33.0 Å². The van der Waals surface area contributed by atoms with Gasteiger partial charge in [-0.15, -0.1) is 10.2 Å². The highest BCUT2D eigenvalue weighted by atomic mass is 32.2. The summed E-state index contributed by atoms with van der Waals surface area (Å²) < 4.78 is 20.8. The van der Waals surface area contributed by atoms with Gasteiger partial charge in [-0.05, 0) is 30.7 Å². The molecule has 0 radical (unpaired) electrons. The van der Waals surface area contributed by atoms with Crippen molar-refractivity contribution < 1.29 is 13.9 Å². The number of ether oxygens (including phenoxy) is 1. The number of Topliss-reactive ketones (excluding diaryl/α,β-unsaturated/α-hetero) is 1. The summed E-state index contributed by atoms with van der Waals surface area (Å²) in [6.45, 7) is 1.88. The van der Waals surface area contributed by atoms with Crippen molar-refractivity contribution in [3.8, 4) is 5.75 Å². The summed E-state index contributed by atoms with van der Waals surface area (Å²) in [6.07, 6.45) is 0.263. The molecule has 0 aliphatic rings. The number of hydrogen-bond donors (Lipinski definition) is 1. The molecule has 0 unspecified atom stereocenters. The van der Waals surface area contributed by atoms with E-state index >= 15 is 0 Å². The third kappa shape index (κ3) is 4.65. The van der Waals surface area contributed by atoms with Crippen LogP contribution in [0.1, 0.15) is 28.7 Å². The summed E-state index contributed by atoms with van der Waals surface area (Å²) in [6, 6.07) is 13.6. The smallest absolute Gasteiger partial charge is 0.209 e. The van der Waals surface area contributed by atoms with Gasteiger partial charge in [-0.2, -0.15) is 0 Å². The Kier molecular flexibility index (Phi) is 6.08. The molecule has 2 N–H and O–H groups in total. The normalized spacial score (nSPS) is 10.7. The number of nitrogen functional groups attached to an aromatic ring is 1. The quantitative estimate of drug-likeness (QED) is 0.277. The number of aromatic nitrogens is 3. The van der Waals surface area contributed by atoms with Gasteiger partial charge in [0.1, 0.15) is 11.6 Å². The van der Waals surface area contributed by atoms with E-state index in [0.29, 0.717) is 40.2 Å². The molecule has 0 bridgehead atoms. The van der Waals surface area contributed by atoms with E-state index in [2.05, 4.69) is 10.2 Å². The van der Waals surface area contributed by atoms with E-state index in [1.165, 1.54) is 29.4 Å². The van der Waals surface area contributed by atoms with E-state index in [0.717, 1.165) is 0 Å². The molecular weight excluding hydrogens is 367 g/mol. The first-order chi connectivity index (χ1) is 13.1. The summed E-state index contributed by atoms with van der Waals surface area (Å²) in [7, 11) is 0. The molecule has 0 saturated carbocycles. The standard InChI is InChI=1S/C19H19FN4O2S/c1-13(25)15-7-3-5-9-17(15)26-10-11-27-19-23-22-18(24(19)21)12-14-6-2-4-8-16(14)20/h2-9H,10-12,21H2,1H3. The van der Waals surface area contributed by atoms with Gasteiger partial charge in [0.25, 0.3) is 0 Å². The van der Waals surface area contributed by atoms with Crippen LogP contribution in [0.5, 0.6) is 5.75 Å². The fraction of sp³-hybridized carbons (Fsp3) is 0.211. The Labute approximate surface area is 160 Å². The number of nitrogens with two attached hydrogens (primary N) is 1. The van der Waals surface area contributed by atoms with Gasteiger partial charge >= 0.3 is 0 Å². The van der Waals surface area contributed by atoms with Gasteiger partial charge < -0.3 is 10.6 Å². The van der Waals surface area contributed by atoms with E-state index in [9.17, 15) is 9.18 Å². The van der Waals surface area contributed by atoms with Crippen molar-refractivity contribution in [2.75, 3.05) is 18.2 Å². The van der Waals surface area contributed by atoms with E-state index in [-0.39, 0.29) is 18.0 Å². The van der Waals surface area contributed by atoms with E-state index in [4.69, 9.17) is 10.6 Å². The summed E-state index contributed by atoms with van der Waals surface area (Å²) in [4.78, 5) is 11.6. The minimum atomic E-state index is -0.299. The molecule has 1 heterocycles. The van der Waals surface area contributed by atoms with Crippen LogP contribution in [-0.2, 0) is 6.42 Å². The first kappa shape index (κ1) is 18.9. The highest BCUT2D eigenvalue weighted by molar-refractivity contribution is 7.99. The Hall–Kier alpha value is -2.87. The molecule has 2 aromatic carbocycles. The molecule has 0 amide bonds. The maximum absolute atomic E-state index is 13.8. The number of carbonyl (C=O) groups excluding carboxylic acids is 1. The molecular formula is C19H19FN4O2S. The molecule has 8 heteroatoms. The van der Waals surface area contributed by atoms with Gasteiger partial charge in [0, 0.05) is 12.2 Å². The van der Waals surface area contributed by atoms with Crippen LogP contribution >= 0.6 is 11.8 Å². The zero-order chi connectivity index (χ0) is 19.2. The number of rotatable bonds is 8. The highest BCUT2D eigenvalue weighted by Gasteiger charge is 2.13. The number of hydrogen-bond acceptors (Lipinski definition) is 6. The molecule has 0 aliphatic heterocycles. The lowest BCUT2D eigenvalue weighted by Crippen LogP contribution is -2.15. The predicted molar refractivity (Wildman–Crippen MR) is 102 cm³/mol. The molecule has 0 fully saturated rings. The van der Waals surface area contributed by atoms with Gasteiger partial charge in [0.2, 0.25) is 5.16 Å². The first-order valence-corrected chi connectivity index (χ1v) is 9.33. The second-order valence-corrected chi connectivity index (χ2v) is 6.85. The molecule has 0 aliphatic carbocycles. The number of thioether (sulfide) groups is 1. The zero-order valence-electron chi connectivity index (χ0n) is 14.8. The highest BCUT2D eigenvalue weighted by Crippen LogP contribution is 2.20. The maximum atomic E-state index is 13.8. The topological polar surface area (TPSA) is 83.0 Å². The second-order valence-electron chi connectivity index (χ2n) is 5.79. The number of benzene rings is 2. The molecule has 0 saturated heterocycles. The Balaban J connectivity index is 1.56. The van der Waals surface area contributed by atoms with E-state index < -0.39 is 0 Å². The van der Waals surface area contributed by atoms with Gasteiger partial charge in [-0.1, -0.05) is 42.1 Å². The van der Waals surface area contributed by atoms with Crippen LogP contribution in [0, 0.1) is 5.82 Å². The van der Waals surface area contributed by atoms with Crippen LogP contribution in [0.15, 0.2) is 53.7 Å². The SMILES string of the molecule is CC(=O)c1ccccc1OCCSc1nnc(Cc2ccccc2F)n1N. The Morgan fingerprint density at radius 2 is 1.93 bits per heavy atom. The maximum Gasteiger partial charge on any atom is 0.209 e. The third-order valence-electron chi connectivity index (χ3n) is 3.88. The number of para-hydroxylation sites is 1. The number of carbonyl (C=O) groups is 1. The average Bonchev–Trinajstić information content (AvgIpc) is 3.01. The van der Waals surface area contributed by atoms with Crippen LogP contribution in [0.2, 0.25) is 0 Å². The summed E-state index contributed by atoms with van der Waals surface area (Å²) in [5.74, 6) is 7.28. The Morgan fingerprint density at radius 3 is 2.70 bits per heavy atom. The number of ketones is 1. The molecule has 0 spiro atoms.